The van der Waals surface area contributed by atoms with Crippen molar-refractivity contribution in [3.63, 3.8) is 0 Å². The molecular weight excluding hydrogens is 222 g/mol. The highest BCUT2D eigenvalue weighted by molar-refractivity contribution is 5.31. The Morgan fingerprint density at radius 1 is 0.889 bits per heavy atom. The Bertz CT molecular complexity index is 412. The highest BCUT2D eigenvalue weighted by Crippen LogP contribution is 2.27. The lowest BCUT2D eigenvalue weighted by Gasteiger charge is -2.29. The summed E-state index contributed by atoms with van der Waals surface area (Å²) in [5.74, 6) is 0. The van der Waals surface area contributed by atoms with E-state index in [-0.39, 0.29) is 12.8 Å². The van der Waals surface area contributed by atoms with Crippen LogP contribution in [0.15, 0.2) is 60.7 Å². The molecule has 0 heterocycles. The topological polar surface area (TPSA) is 23.5 Å². The van der Waals surface area contributed by atoms with Gasteiger partial charge < -0.3 is 5.11 Å². The van der Waals surface area contributed by atoms with E-state index in [2.05, 4.69) is 31.2 Å². The van der Waals surface area contributed by atoms with Crippen LogP contribution in [0.2, 0.25) is 0 Å². The molecule has 0 spiro atoms. The normalized spacial score (nSPS) is 11.1. The summed E-state index contributed by atoms with van der Waals surface area (Å²) in [6.07, 6.45) is 0. The molecular formula is C16H19NO. The Kier molecular flexibility index (Phi) is 4.51. The van der Waals surface area contributed by atoms with E-state index in [4.69, 9.17) is 0 Å². The lowest BCUT2D eigenvalue weighted by Crippen LogP contribution is -2.30. The molecule has 0 radical (unpaired) electrons. The molecule has 0 aliphatic heterocycles. The third-order valence-electron chi connectivity index (χ3n) is 3.18. The van der Waals surface area contributed by atoms with Crippen LogP contribution >= 0.6 is 0 Å². The summed E-state index contributed by atoms with van der Waals surface area (Å²) in [5, 5.41) is 9.55. The van der Waals surface area contributed by atoms with Gasteiger partial charge in [-0.1, -0.05) is 67.6 Å². The van der Waals surface area contributed by atoms with Crippen molar-refractivity contribution in [1.82, 2.24) is 4.90 Å². The van der Waals surface area contributed by atoms with Crippen molar-refractivity contribution in [2.24, 2.45) is 0 Å². The van der Waals surface area contributed by atoms with Crippen molar-refractivity contribution < 1.29 is 5.11 Å². The zero-order valence-electron chi connectivity index (χ0n) is 10.7. The number of hydrogen-bond acceptors (Lipinski definition) is 2. The van der Waals surface area contributed by atoms with Crippen LogP contribution in [0.3, 0.4) is 0 Å². The van der Waals surface area contributed by atoms with Crippen LogP contribution < -0.4 is 0 Å². The van der Waals surface area contributed by atoms with Gasteiger partial charge in [0, 0.05) is 0 Å². The standard InChI is InChI=1S/C16H19NO/c1-2-17(13-18)16(14-9-5-3-6-10-14)15-11-7-4-8-12-15/h3-12,16,18H,2,13H2,1H3. The van der Waals surface area contributed by atoms with E-state index >= 15 is 0 Å². The Morgan fingerprint density at radius 2 is 1.33 bits per heavy atom. The maximum atomic E-state index is 9.55. The zero-order valence-corrected chi connectivity index (χ0v) is 10.7. The summed E-state index contributed by atoms with van der Waals surface area (Å²) in [5.41, 5.74) is 2.42. The summed E-state index contributed by atoms with van der Waals surface area (Å²) in [6, 6.07) is 20.7. The number of aliphatic hydroxyl groups is 1. The van der Waals surface area contributed by atoms with Gasteiger partial charge in [0.15, 0.2) is 0 Å². The number of rotatable bonds is 5. The summed E-state index contributed by atoms with van der Waals surface area (Å²) >= 11 is 0. The van der Waals surface area contributed by atoms with E-state index in [9.17, 15) is 5.11 Å². The molecule has 0 saturated heterocycles. The first-order valence-electron chi connectivity index (χ1n) is 6.31. The minimum atomic E-state index is 0.0605. The Labute approximate surface area is 109 Å². The third kappa shape index (κ3) is 2.78. The Balaban J connectivity index is 2.41. The molecule has 0 bridgehead atoms. The molecule has 2 rings (SSSR count). The fourth-order valence-electron chi connectivity index (χ4n) is 2.25. The molecule has 2 aromatic carbocycles. The fourth-order valence-corrected chi connectivity index (χ4v) is 2.25. The zero-order chi connectivity index (χ0) is 12.8. The number of aliphatic hydroxyl groups excluding tert-OH is 1. The number of nitrogens with zero attached hydrogens (tertiary/aromatic N) is 1. The van der Waals surface area contributed by atoms with Gasteiger partial charge in [0.1, 0.15) is 0 Å². The lowest BCUT2D eigenvalue weighted by atomic mass is 9.97. The van der Waals surface area contributed by atoms with Crippen LogP contribution in [0.5, 0.6) is 0 Å². The van der Waals surface area contributed by atoms with E-state index in [0.717, 1.165) is 6.54 Å². The van der Waals surface area contributed by atoms with E-state index < -0.39 is 0 Å². The van der Waals surface area contributed by atoms with Crippen molar-refractivity contribution in [1.29, 1.82) is 0 Å². The molecule has 2 nitrogen and oxygen atoms in total. The predicted molar refractivity (Wildman–Crippen MR) is 74.2 cm³/mol. The molecule has 2 heteroatoms. The van der Waals surface area contributed by atoms with E-state index in [1.807, 2.05) is 41.3 Å². The smallest absolute Gasteiger partial charge is 0.0964 e. The van der Waals surface area contributed by atoms with Crippen LogP contribution in [0.4, 0.5) is 0 Å². The molecule has 0 atom stereocenters. The van der Waals surface area contributed by atoms with Crippen LogP contribution in [0.1, 0.15) is 24.1 Å². The SMILES string of the molecule is CCN(CO)C(c1ccccc1)c1ccccc1. The van der Waals surface area contributed by atoms with Gasteiger partial charge in [0.2, 0.25) is 0 Å². The second kappa shape index (κ2) is 6.34. The van der Waals surface area contributed by atoms with Gasteiger partial charge in [0.05, 0.1) is 12.8 Å². The predicted octanol–water partition coefficient (Wildman–Crippen LogP) is 3.05. The van der Waals surface area contributed by atoms with Gasteiger partial charge >= 0.3 is 0 Å². The maximum Gasteiger partial charge on any atom is 0.0964 e. The largest absolute Gasteiger partial charge is 0.381 e. The summed E-state index contributed by atoms with van der Waals surface area (Å²) < 4.78 is 0. The molecule has 0 aromatic heterocycles. The first-order valence-corrected chi connectivity index (χ1v) is 6.31. The third-order valence-corrected chi connectivity index (χ3v) is 3.18. The van der Waals surface area contributed by atoms with Gasteiger partial charge in [-0.05, 0) is 17.7 Å². The molecule has 0 unspecified atom stereocenters. The van der Waals surface area contributed by atoms with Gasteiger partial charge in [-0.2, -0.15) is 0 Å². The molecule has 0 aliphatic carbocycles. The number of hydrogen-bond donors (Lipinski definition) is 1. The van der Waals surface area contributed by atoms with Crippen molar-refractivity contribution in [2.75, 3.05) is 13.3 Å². The minimum Gasteiger partial charge on any atom is -0.381 e. The van der Waals surface area contributed by atoms with Crippen LogP contribution in [-0.2, 0) is 0 Å². The van der Waals surface area contributed by atoms with Gasteiger partial charge in [-0.15, -0.1) is 0 Å². The summed E-state index contributed by atoms with van der Waals surface area (Å²) in [7, 11) is 0. The molecule has 94 valence electrons. The molecule has 0 aliphatic rings. The van der Waals surface area contributed by atoms with Crippen LogP contribution in [-0.4, -0.2) is 23.3 Å². The monoisotopic (exact) mass is 241 g/mol. The van der Waals surface area contributed by atoms with E-state index in [0.29, 0.717) is 0 Å². The first-order chi connectivity index (χ1) is 8.86. The van der Waals surface area contributed by atoms with Crippen molar-refractivity contribution in [2.45, 2.75) is 13.0 Å². The summed E-state index contributed by atoms with van der Waals surface area (Å²) in [4.78, 5) is 2.05. The van der Waals surface area contributed by atoms with Crippen LogP contribution in [0, 0.1) is 0 Å². The van der Waals surface area contributed by atoms with Crippen LogP contribution in [0.25, 0.3) is 0 Å². The Morgan fingerprint density at radius 3 is 1.67 bits per heavy atom. The van der Waals surface area contributed by atoms with Crippen molar-refractivity contribution in [3.05, 3.63) is 71.8 Å². The second-order valence-electron chi connectivity index (χ2n) is 4.27. The highest BCUT2D eigenvalue weighted by Gasteiger charge is 2.19. The average Bonchev–Trinajstić information content (AvgIpc) is 2.46. The second-order valence-corrected chi connectivity index (χ2v) is 4.27. The van der Waals surface area contributed by atoms with Gasteiger partial charge in [0.25, 0.3) is 0 Å². The molecule has 1 N–H and O–H groups in total. The van der Waals surface area contributed by atoms with Gasteiger partial charge in [-0.25, -0.2) is 0 Å². The first kappa shape index (κ1) is 12.8. The lowest BCUT2D eigenvalue weighted by molar-refractivity contribution is 0.0866. The summed E-state index contributed by atoms with van der Waals surface area (Å²) in [6.45, 7) is 2.94. The molecule has 2 aromatic rings. The maximum absolute atomic E-state index is 9.55. The van der Waals surface area contributed by atoms with Crippen molar-refractivity contribution >= 4 is 0 Å². The molecule has 0 saturated carbocycles. The van der Waals surface area contributed by atoms with E-state index in [1.54, 1.807) is 0 Å². The minimum absolute atomic E-state index is 0.0605. The Hall–Kier alpha value is -1.64. The average molecular weight is 241 g/mol. The quantitative estimate of drug-likeness (QED) is 0.813. The fraction of sp³-hybridized carbons (Fsp3) is 0.250. The molecule has 18 heavy (non-hydrogen) atoms. The van der Waals surface area contributed by atoms with Gasteiger partial charge in [-0.3, -0.25) is 4.90 Å². The number of benzene rings is 2. The molecule has 0 fully saturated rings. The van der Waals surface area contributed by atoms with E-state index in [1.165, 1.54) is 11.1 Å². The van der Waals surface area contributed by atoms with Crippen molar-refractivity contribution in [3.8, 4) is 0 Å². The molecule has 0 amide bonds. The highest BCUT2D eigenvalue weighted by atomic mass is 16.3.